The van der Waals surface area contributed by atoms with E-state index in [0.29, 0.717) is 42.4 Å². The van der Waals surface area contributed by atoms with Gasteiger partial charge in [-0.2, -0.15) is 0 Å². The van der Waals surface area contributed by atoms with Gasteiger partial charge in [0.25, 0.3) is 5.91 Å². The first-order valence-corrected chi connectivity index (χ1v) is 10.7. The molecule has 0 aliphatic carbocycles. The molecule has 0 bridgehead atoms. The Hall–Kier alpha value is -2.41. The Bertz CT molecular complexity index is 1050. The molecule has 2 amide bonds. The van der Waals surface area contributed by atoms with Crippen LogP contribution in [0.4, 0.5) is 0 Å². The molecule has 2 N–H and O–H groups in total. The molecule has 1 saturated heterocycles. The topological polar surface area (TPSA) is 72.6 Å². The van der Waals surface area contributed by atoms with E-state index in [-0.39, 0.29) is 12.0 Å². The zero-order chi connectivity index (χ0) is 20.4. The molecule has 1 aliphatic rings. The molecule has 29 heavy (non-hydrogen) atoms. The van der Waals surface area contributed by atoms with Gasteiger partial charge in [0.15, 0.2) is 0 Å². The summed E-state index contributed by atoms with van der Waals surface area (Å²) >= 11 is 7.29. The summed E-state index contributed by atoms with van der Waals surface area (Å²) in [5, 5.41) is 1.65. The third-order valence-corrected chi connectivity index (χ3v) is 6.59. The fourth-order valence-electron chi connectivity index (χ4n) is 3.68. The Morgan fingerprint density at radius 2 is 1.93 bits per heavy atom. The third kappa shape index (κ3) is 4.29. The predicted octanol–water partition coefficient (Wildman–Crippen LogP) is 4.19. The fraction of sp³-hybridized carbons (Fsp3) is 0.273. The van der Waals surface area contributed by atoms with Crippen molar-refractivity contribution >= 4 is 44.8 Å². The second-order valence-corrected chi connectivity index (χ2v) is 8.52. The molecule has 4 rings (SSSR count). The minimum atomic E-state index is -0.462. The lowest BCUT2D eigenvalue weighted by molar-refractivity contribution is -0.138. The van der Waals surface area contributed by atoms with Gasteiger partial charge in [-0.3, -0.25) is 9.59 Å². The third-order valence-electron chi connectivity index (χ3n) is 5.14. The van der Waals surface area contributed by atoms with Crippen LogP contribution in [0.25, 0.3) is 10.1 Å². The van der Waals surface area contributed by atoms with Crippen LogP contribution >= 0.6 is 22.9 Å². The van der Waals surface area contributed by atoms with Crippen molar-refractivity contribution in [3.8, 4) is 0 Å². The van der Waals surface area contributed by atoms with Crippen LogP contribution in [0.3, 0.4) is 0 Å². The molecule has 0 spiro atoms. The highest BCUT2D eigenvalue weighted by Crippen LogP contribution is 2.38. The number of ether oxygens (including phenoxy) is 1. The van der Waals surface area contributed by atoms with Crippen LogP contribution in [0.15, 0.2) is 48.5 Å². The van der Waals surface area contributed by atoms with E-state index in [1.54, 1.807) is 0 Å². The number of amides is 2. The van der Waals surface area contributed by atoms with E-state index in [2.05, 4.69) is 0 Å². The van der Waals surface area contributed by atoms with Gasteiger partial charge in [-0.15, -0.1) is 11.3 Å². The number of primary amides is 1. The molecule has 0 saturated carbocycles. The first-order chi connectivity index (χ1) is 14.0. The SMILES string of the molecule is NC(=O)c1sc2ccccc2c1[C@H]1CN(C(=O)CCc2ccc(Cl)cc2)CCO1. The minimum Gasteiger partial charge on any atom is -0.370 e. The number of benzene rings is 2. The monoisotopic (exact) mass is 428 g/mol. The van der Waals surface area contributed by atoms with E-state index in [0.717, 1.165) is 21.2 Å². The number of halogens is 1. The summed E-state index contributed by atoms with van der Waals surface area (Å²) in [6, 6.07) is 15.3. The van der Waals surface area contributed by atoms with Crippen LogP contribution in [0.5, 0.6) is 0 Å². The molecule has 0 radical (unpaired) electrons. The second kappa shape index (κ2) is 8.53. The van der Waals surface area contributed by atoms with Gasteiger partial charge in [0.05, 0.1) is 18.0 Å². The van der Waals surface area contributed by atoms with Gasteiger partial charge in [-0.05, 0) is 35.6 Å². The van der Waals surface area contributed by atoms with Crippen LogP contribution in [0.1, 0.15) is 33.3 Å². The van der Waals surface area contributed by atoms with Crippen LogP contribution < -0.4 is 5.73 Å². The lowest BCUT2D eigenvalue weighted by Crippen LogP contribution is -2.42. The molecule has 1 aliphatic heterocycles. The average Bonchev–Trinajstić information content (AvgIpc) is 3.13. The quantitative estimate of drug-likeness (QED) is 0.662. The summed E-state index contributed by atoms with van der Waals surface area (Å²) in [6.07, 6.45) is 0.717. The lowest BCUT2D eigenvalue weighted by Gasteiger charge is -2.33. The number of morpholine rings is 1. The number of nitrogens with zero attached hydrogens (tertiary/aromatic N) is 1. The van der Waals surface area contributed by atoms with Crippen molar-refractivity contribution in [2.24, 2.45) is 5.73 Å². The van der Waals surface area contributed by atoms with Crippen LogP contribution in [0, 0.1) is 0 Å². The molecule has 5 nitrogen and oxygen atoms in total. The summed E-state index contributed by atoms with van der Waals surface area (Å²) in [7, 11) is 0. The minimum absolute atomic E-state index is 0.0772. The molecule has 1 fully saturated rings. The van der Waals surface area contributed by atoms with Crippen molar-refractivity contribution in [1.29, 1.82) is 0 Å². The highest BCUT2D eigenvalue weighted by molar-refractivity contribution is 7.21. The first-order valence-electron chi connectivity index (χ1n) is 9.48. The molecule has 2 aromatic carbocycles. The van der Waals surface area contributed by atoms with Crippen molar-refractivity contribution in [1.82, 2.24) is 4.90 Å². The van der Waals surface area contributed by atoms with Crippen molar-refractivity contribution in [3.05, 3.63) is 69.6 Å². The number of thiophene rings is 1. The molecule has 1 aromatic heterocycles. The maximum absolute atomic E-state index is 12.8. The highest BCUT2D eigenvalue weighted by Gasteiger charge is 2.30. The predicted molar refractivity (Wildman–Crippen MR) is 115 cm³/mol. The number of carbonyl (C=O) groups is 2. The van der Waals surface area contributed by atoms with Crippen molar-refractivity contribution in [2.75, 3.05) is 19.7 Å². The molecule has 2 heterocycles. The molecule has 7 heteroatoms. The summed E-state index contributed by atoms with van der Waals surface area (Å²) in [4.78, 5) is 27.1. The van der Waals surface area contributed by atoms with Gasteiger partial charge in [0.1, 0.15) is 6.10 Å². The Morgan fingerprint density at radius 3 is 2.69 bits per heavy atom. The second-order valence-electron chi connectivity index (χ2n) is 7.03. The Kier molecular flexibility index (Phi) is 5.85. The van der Waals surface area contributed by atoms with Crippen LogP contribution in [-0.2, 0) is 16.0 Å². The Labute approximate surface area is 178 Å². The van der Waals surface area contributed by atoms with Crippen LogP contribution in [-0.4, -0.2) is 36.4 Å². The fourth-order valence-corrected chi connectivity index (χ4v) is 4.91. The van der Waals surface area contributed by atoms with Crippen LogP contribution in [0.2, 0.25) is 5.02 Å². The number of fused-ring (bicyclic) bond motifs is 1. The number of nitrogens with two attached hydrogens (primary N) is 1. The smallest absolute Gasteiger partial charge is 0.259 e. The summed E-state index contributed by atoms with van der Waals surface area (Å²) in [5.74, 6) is -0.385. The first kappa shape index (κ1) is 19.9. The lowest BCUT2D eigenvalue weighted by atomic mass is 10.0. The van der Waals surface area contributed by atoms with Gasteiger partial charge in [-0.25, -0.2) is 0 Å². The summed E-state index contributed by atoms with van der Waals surface area (Å²) < 4.78 is 6.96. The van der Waals surface area contributed by atoms with E-state index < -0.39 is 5.91 Å². The average molecular weight is 429 g/mol. The standard InChI is InChI=1S/C22H21ClN2O3S/c23-15-8-5-14(6-9-15)7-10-19(26)25-11-12-28-17(13-25)20-16-3-1-2-4-18(16)29-21(20)22(24)27/h1-6,8-9,17H,7,10-13H2,(H2,24,27)/t17-/m1/s1. The van der Waals surface area contributed by atoms with E-state index in [4.69, 9.17) is 22.1 Å². The highest BCUT2D eigenvalue weighted by atomic mass is 35.5. The van der Waals surface area contributed by atoms with E-state index in [9.17, 15) is 9.59 Å². The number of hydrogen-bond donors (Lipinski definition) is 1. The maximum atomic E-state index is 12.8. The zero-order valence-corrected chi connectivity index (χ0v) is 17.3. The van der Waals surface area contributed by atoms with Crippen molar-refractivity contribution in [2.45, 2.75) is 18.9 Å². The number of hydrogen-bond acceptors (Lipinski definition) is 4. The normalized spacial score (nSPS) is 16.9. The molecule has 1 atom stereocenters. The van der Waals surface area contributed by atoms with Gasteiger partial charge in [0, 0.05) is 28.3 Å². The van der Waals surface area contributed by atoms with E-state index >= 15 is 0 Å². The van der Waals surface area contributed by atoms with Crippen molar-refractivity contribution < 1.29 is 14.3 Å². The maximum Gasteiger partial charge on any atom is 0.259 e. The Balaban J connectivity index is 1.50. The number of aryl methyl sites for hydroxylation is 1. The van der Waals surface area contributed by atoms with Gasteiger partial charge >= 0.3 is 0 Å². The molecule has 150 valence electrons. The summed E-state index contributed by atoms with van der Waals surface area (Å²) in [6.45, 7) is 1.39. The number of carbonyl (C=O) groups excluding carboxylic acids is 2. The zero-order valence-electron chi connectivity index (χ0n) is 15.8. The Morgan fingerprint density at radius 1 is 1.17 bits per heavy atom. The molecular formula is C22H21ClN2O3S. The largest absolute Gasteiger partial charge is 0.370 e. The van der Waals surface area contributed by atoms with Gasteiger partial charge in [-0.1, -0.05) is 41.9 Å². The van der Waals surface area contributed by atoms with E-state index in [1.807, 2.05) is 53.4 Å². The molecule has 3 aromatic rings. The molecular weight excluding hydrogens is 408 g/mol. The van der Waals surface area contributed by atoms with Gasteiger partial charge < -0.3 is 15.4 Å². The summed E-state index contributed by atoms with van der Waals surface area (Å²) in [5.41, 5.74) is 7.50. The van der Waals surface area contributed by atoms with Gasteiger partial charge in [0.2, 0.25) is 5.91 Å². The number of rotatable bonds is 5. The molecule has 0 unspecified atom stereocenters. The van der Waals surface area contributed by atoms with Crippen molar-refractivity contribution in [3.63, 3.8) is 0 Å². The van der Waals surface area contributed by atoms with E-state index in [1.165, 1.54) is 11.3 Å².